The zero-order chi connectivity index (χ0) is 22.0. The number of esters is 1. The van der Waals surface area contributed by atoms with Crippen LogP contribution in [0.5, 0.6) is 0 Å². The Morgan fingerprint density at radius 3 is 1.45 bits per heavy atom. The van der Waals surface area contributed by atoms with Gasteiger partial charge in [0.25, 0.3) is 0 Å². The van der Waals surface area contributed by atoms with Crippen molar-refractivity contribution in [3.63, 3.8) is 0 Å². The van der Waals surface area contributed by atoms with E-state index in [0.717, 1.165) is 12.8 Å². The van der Waals surface area contributed by atoms with Crippen LogP contribution >= 0.6 is 0 Å². The highest BCUT2D eigenvalue weighted by molar-refractivity contribution is 5.69. The lowest BCUT2D eigenvalue weighted by atomic mass is 10.0. The van der Waals surface area contributed by atoms with Crippen molar-refractivity contribution in [3.05, 3.63) is 0 Å². The van der Waals surface area contributed by atoms with E-state index in [-0.39, 0.29) is 5.97 Å². The van der Waals surface area contributed by atoms with Crippen molar-refractivity contribution < 1.29 is 9.53 Å². The van der Waals surface area contributed by atoms with Crippen LogP contribution in [-0.4, -0.2) is 12.6 Å². The molecule has 0 radical (unpaired) electrons. The number of ether oxygens (including phenoxy) is 1. The van der Waals surface area contributed by atoms with Gasteiger partial charge in [0, 0.05) is 6.42 Å². The summed E-state index contributed by atoms with van der Waals surface area (Å²) in [5.74, 6) is 0.577. The minimum Gasteiger partial charge on any atom is -0.465 e. The molecular formula is C27H56O2. The van der Waals surface area contributed by atoms with Crippen molar-refractivity contribution in [2.45, 2.75) is 157 Å². The molecule has 0 heterocycles. The number of carbonyl (C=O) groups excluding carboxylic acids is 1. The van der Waals surface area contributed by atoms with Crippen LogP contribution in [0.1, 0.15) is 157 Å². The fraction of sp³-hybridized carbons (Fsp3) is 0.963. The zero-order valence-electron chi connectivity index (χ0n) is 21.0. The Bertz CT molecular complexity index is 301. The summed E-state index contributed by atoms with van der Waals surface area (Å²) in [7, 11) is 0. The fourth-order valence-corrected chi connectivity index (χ4v) is 3.47. The molecule has 0 aromatic rings. The minimum atomic E-state index is 0.0167. The second kappa shape index (κ2) is 27.5. The van der Waals surface area contributed by atoms with Gasteiger partial charge >= 0.3 is 5.97 Å². The van der Waals surface area contributed by atoms with Crippen molar-refractivity contribution in [1.82, 2.24) is 0 Å². The van der Waals surface area contributed by atoms with Crippen LogP contribution in [0.15, 0.2) is 0 Å². The van der Waals surface area contributed by atoms with E-state index in [4.69, 9.17) is 4.74 Å². The van der Waals surface area contributed by atoms with Crippen molar-refractivity contribution >= 4 is 5.97 Å². The van der Waals surface area contributed by atoms with E-state index in [1.807, 2.05) is 0 Å². The second-order valence-electron chi connectivity index (χ2n) is 8.80. The van der Waals surface area contributed by atoms with Gasteiger partial charge in [-0.05, 0) is 18.8 Å². The smallest absolute Gasteiger partial charge is 0.305 e. The van der Waals surface area contributed by atoms with Gasteiger partial charge in [0.05, 0.1) is 6.61 Å². The van der Waals surface area contributed by atoms with Crippen LogP contribution in [-0.2, 0) is 9.53 Å². The zero-order valence-corrected chi connectivity index (χ0v) is 21.0. The summed E-state index contributed by atoms with van der Waals surface area (Å²) in [5.41, 5.74) is 0. The van der Waals surface area contributed by atoms with Gasteiger partial charge in [0.15, 0.2) is 0 Å². The van der Waals surface area contributed by atoms with Crippen LogP contribution in [0.25, 0.3) is 0 Å². The molecule has 176 valence electrons. The molecule has 0 fully saturated rings. The molecule has 0 amide bonds. The summed E-state index contributed by atoms with van der Waals surface area (Å²) >= 11 is 0. The number of hydrogen-bond acceptors (Lipinski definition) is 2. The third kappa shape index (κ3) is 27.5. The summed E-state index contributed by atoms with van der Waals surface area (Å²) in [6.07, 6.45) is 24.1. The van der Waals surface area contributed by atoms with Crippen molar-refractivity contribution in [2.24, 2.45) is 5.92 Å². The summed E-state index contributed by atoms with van der Waals surface area (Å²) in [6, 6.07) is 0. The maximum atomic E-state index is 11.8. The third-order valence-electron chi connectivity index (χ3n) is 5.51. The first-order valence-corrected chi connectivity index (χ1v) is 13.3. The first-order chi connectivity index (χ1) is 14.2. The molecule has 2 nitrogen and oxygen atoms in total. The Morgan fingerprint density at radius 2 is 1.03 bits per heavy atom. The minimum absolute atomic E-state index is 0.0167. The van der Waals surface area contributed by atoms with Gasteiger partial charge < -0.3 is 4.74 Å². The number of carbonyl (C=O) groups is 1. The Labute approximate surface area is 185 Å². The molecule has 29 heavy (non-hydrogen) atoms. The standard InChI is InChI=1S/C24H48O2.C3H8/c1-4-7-9-10-11-12-13-14-15-16-17-18-19-21-24(25)26-22-23(6-3)20-8-5-2;1-3-2/h23H,4-22H2,1-3H3;3H2,1-2H3. The summed E-state index contributed by atoms with van der Waals surface area (Å²) in [4.78, 5) is 11.8. The Balaban J connectivity index is 0. The van der Waals surface area contributed by atoms with E-state index in [1.165, 1.54) is 103 Å². The van der Waals surface area contributed by atoms with Crippen LogP contribution in [0.4, 0.5) is 0 Å². The predicted octanol–water partition coefficient (Wildman–Crippen LogP) is 9.64. The van der Waals surface area contributed by atoms with Gasteiger partial charge in [-0.15, -0.1) is 0 Å². The molecule has 0 aromatic carbocycles. The van der Waals surface area contributed by atoms with Gasteiger partial charge in [-0.2, -0.15) is 0 Å². The predicted molar refractivity (Wildman–Crippen MR) is 131 cm³/mol. The molecule has 0 aliphatic heterocycles. The lowest BCUT2D eigenvalue weighted by Crippen LogP contribution is -2.13. The van der Waals surface area contributed by atoms with Crippen molar-refractivity contribution in [1.29, 1.82) is 0 Å². The highest BCUT2D eigenvalue weighted by Crippen LogP contribution is 2.15. The Morgan fingerprint density at radius 1 is 0.621 bits per heavy atom. The first kappa shape index (κ1) is 30.7. The van der Waals surface area contributed by atoms with Gasteiger partial charge in [0.2, 0.25) is 0 Å². The maximum absolute atomic E-state index is 11.8. The topological polar surface area (TPSA) is 26.3 Å². The molecule has 0 spiro atoms. The molecule has 0 saturated heterocycles. The van der Waals surface area contributed by atoms with Crippen LogP contribution in [0, 0.1) is 5.92 Å². The number of hydrogen-bond donors (Lipinski definition) is 0. The molecule has 0 rings (SSSR count). The lowest BCUT2D eigenvalue weighted by Gasteiger charge is -2.14. The molecule has 0 aromatic heterocycles. The third-order valence-corrected chi connectivity index (χ3v) is 5.51. The van der Waals surface area contributed by atoms with E-state index in [2.05, 4.69) is 34.6 Å². The van der Waals surface area contributed by atoms with E-state index in [0.29, 0.717) is 18.9 Å². The van der Waals surface area contributed by atoms with Crippen molar-refractivity contribution in [3.8, 4) is 0 Å². The van der Waals surface area contributed by atoms with Gasteiger partial charge in [-0.1, -0.05) is 137 Å². The molecule has 0 aliphatic rings. The molecule has 0 bridgehead atoms. The van der Waals surface area contributed by atoms with E-state index in [1.54, 1.807) is 0 Å². The van der Waals surface area contributed by atoms with Gasteiger partial charge in [-0.25, -0.2) is 0 Å². The average molecular weight is 413 g/mol. The Kier molecular flexibility index (Phi) is 29.0. The fourth-order valence-electron chi connectivity index (χ4n) is 3.47. The van der Waals surface area contributed by atoms with Crippen LogP contribution in [0.3, 0.4) is 0 Å². The van der Waals surface area contributed by atoms with E-state index in [9.17, 15) is 4.79 Å². The number of unbranched alkanes of at least 4 members (excludes halogenated alkanes) is 13. The second-order valence-corrected chi connectivity index (χ2v) is 8.80. The molecule has 2 heteroatoms. The van der Waals surface area contributed by atoms with E-state index < -0.39 is 0 Å². The molecule has 1 unspecified atom stereocenters. The summed E-state index contributed by atoms with van der Waals surface area (Å²) in [5, 5.41) is 0. The largest absolute Gasteiger partial charge is 0.465 e. The summed E-state index contributed by atoms with van der Waals surface area (Å²) in [6.45, 7) is 11.6. The first-order valence-electron chi connectivity index (χ1n) is 13.3. The molecule has 0 aliphatic carbocycles. The highest BCUT2D eigenvalue weighted by Gasteiger charge is 2.09. The monoisotopic (exact) mass is 412 g/mol. The average Bonchev–Trinajstić information content (AvgIpc) is 2.72. The van der Waals surface area contributed by atoms with Crippen molar-refractivity contribution in [2.75, 3.05) is 6.61 Å². The normalized spacial score (nSPS) is 11.6. The number of rotatable bonds is 20. The highest BCUT2D eigenvalue weighted by atomic mass is 16.5. The molecule has 1 atom stereocenters. The summed E-state index contributed by atoms with van der Waals surface area (Å²) < 4.78 is 5.46. The van der Waals surface area contributed by atoms with E-state index >= 15 is 0 Å². The SMILES string of the molecule is CCC.CCCCCCCCCCCCCCCC(=O)OCC(CC)CCCC. The molecular weight excluding hydrogens is 356 g/mol. The van der Waals surface area contributed by atoms with Crippen LogP contribution < -0.4 is 0 Å². The molecule has 0 saturated carbocycles. The van der Waals surface area contributed by atoms with Gasteiger partial charge in [0.1, 0.15) is 0 Å². The maximum Gasteiger partial charge on any atom is 0.305 e. The Hall–Kier alpha value is -0.530. The lowest BCUT2D eigenvalue weighted by molar-refractivity contribution is -0.145. The molecule has 0 N–H and O–H groups in total. The van der Waals surface area contributed by atoms with Crippen LogP contribution in [0.2, 0.25) is 0 Å². The quantitative estimate of drug-likeness (QED) is 0.147. The van der Waals surface area contributed by atoms with Gasteiger partial charge in [-0.3, -0.25) is 4.79 Å².